The average Bonchev–Trinajstić information content (AvgIpc) is 2.75. The highest BCUT2D eigenvalue weighted by atomic mass is 35.5. The first-order chi connectivity index (χ1) is 14.5. The molecule has 0 spiro atoms. The summed E-state index contributed by atoms with van der Waals surface area (Å²) in [4.78, 5) is 29.3. The van der Waals surface area contributed by atoms with Crippen LogP contribution in [-0.4, -0.2) is 62.2 Å². The molecule has 7 nitrogen and oxygen atoms in total. The summed E-state index contributed by atoms with van der Waals surface area (Å²) < 4.78 is 11.3. The number of nitrogens with zero attached hydrogens (tertiary/aromatic N) is 2. The molecule has 0 radical (unpaired) electrons. The summed E-state index contributed by atoms with van der Waals surface area (Å²) in [6.45, 7) is 2.43. The molecule has 2 amide bonds. The highest BCUT2D eigenvalue weighted by Crippen LogP contribution is 2.33. The van der Waals surface area contributed by atoms with E-state index < -0.39 is 6.10 Å². The zero-order valence-corrected chi connectivity index (χ0v) is 17.7. The number of morpholine rings is 1. The molecule has 158 valence electrons. The van der Waals surface area contributed by atoms with Gasteiger partial charge in [0.25, 0.3) is 5.91 Å². The van der Waals surface area contributed by atoms with E-state index in [2.05, 4.69) is 5.32 Å². The summed E-state index contributed by atoms with van der Waals surface area (Å²) in [6, 6.07) is 12.3. The molecule has 2 heterocycles. The number of carbonyl (C=O) groups excluding carboxylic acids is 2. The van der Waals surface area contributed by atoms with Gasteiger partial charge in [0.05, 0.1) is 42.7 Å². The van der Waals surface area contributed by atoms with E-state index in [0.717, 1.165) is 5.69 Å². The van der Waals surface area contributed by atoms with Crippen LogP contribution >= 0.6 is 23.2 Å². The van der Waals surface area contributed by atoms with Crippen LogP contribution in [0, 0.1) is 0 Å². The number of halogens is 2. The summed E-state index contributed by atoms with van der Waals surface area (Å²) in [7, 11) is 0. The lowest BCUT2D eigenvalue weighted by atomic mass is 10.1. The summed E-state index contributed by atoms with van der Waals surface area (Å²) in [6.07, 6.45) is -0.690. The second-order valence-corrected chi connectivity index (χ2v) is 7.91. The molecule has 0 aromatic heterocycles. The zero-order chi connectivity index (χ0) is 21.1. The molecule has 0 aliphatic carbocycles. The molecule has 2 aromatic carbocycles. The van der Waals surface area contributed by atoms with Crippen LogP contribution in [0.2, 0.25) is 10.0 Å². The minimum Gasteiger partial charge on any atom is -0.477 e. The van der Waals surface area contributed by atoms with Crippen molar-refractivity contribution in [3.05, 3.63) is 52.5 Å². The predicted octanol–water partition coefficient (Wildman–Crippen LogP) is 3.06. The van der Waals surface area contributed by atoms with Crippen molar-refractivity contribution in [3.63, 3.8) is 0 Å². The third kappa shape index (κ3) is 4.64. The number of para-hydroxylation sites is 2. The van der Waals surface area contributed by atoms with E-state index in [1.54, 1.807) is 29.2 Å². The lowest BCUT2D eigenvalue weighted by Crippen LogP contribution is -2.53. The van der Waals surface area contributed by atoms with Crippen LogP contribution in [0.3, 0.4) is 0 Å². The largest absolute Gasteiger partial charge is 0.477 e. The maximum Gasteiger partial charge on any atom is 0.265 e. The van der Waals surface area contributed by atoms with Gasteiger partial charge in [-0.3, -0.25) is 9.59 Å². The molecule has 30 heavy (non-hydrogen) atoms. The maximum absolute atomic E-state index is 13.0. The molecule has 2 aliphatic rings. The van der Waals surface area contributed by atoms with Gasteiger partial charge in [0, 0.05) is 18.1 Å². The van der Waals surface area contributed by atoms with Gasteiger partial charge in [-0.25, -0.2) is 0 Å². The van der Waals surface area contributed by atoms with Crippen LogP contribution in [0.5, 0.6) is 5.75 Å². The van der Waals surface area contributed by atoms with Crippen LogP contribution in [-0.2, 0) is 14.3 Å². The third-order valence-electron chi connectivity index (χ3n) is 5.00. The molecule has 4 rings (SSSR count). The number of fused-ring (bicyclic) bond motifs is 1. The first-order valence-corrected chi connectivity index (χ1v) is 10.4. The van der Waals surface area contributed by atoms with Crippen LogP contribution < -0.4 is 15.0 Å². The number of carbonyl (C=O) groups is 2. The van der Waals surface area contributed by atoms with Crippen molar-refractivity contribution in [3.8, 4) is 5.75 Å². The molecule has 9 heteroatoms. The first kappa shape index (κ1) is 20.8. The molecule has 1 unspecified atom stereocenters. The van der Waals surface area contributed by atoms with Gasteiger partial charge >= 0.3 is 0 Å². The molecule has 1 saturated heterocycles. The van der Waals surface area contributed by atoms with Crippen molar-refractivity contribution < 1.29 is 19.1 Å². The van der Waals surface area contributed by atoms with E-state index in [0.29, 0.717) is 47.8 Å². The van der Waals surface area contributed by atoms with E-state index in [1.807, 2.05) is 23.1 Å². The minimum atomic E-state index is -0.690. The molecule has 0 bridgehead atoms. The van der Waals surface area contributed by atoms with E-state index >= 15 is 0 Å². The van der Waals surface area contributed by atoms with E-state index in [4.69, 9.17) is 32.7 Å². The monoisotopic (exact) mass is 449 g/mol. The van der Waals surface area contributed by atoms with E-state index in [1.165, 1.54) is 0 Å². The number of hydrogen-bond acceptors (Lipinski definition) is 5. The lowest BCUT2D eigenvalue weighted by molar-refractivity contribution is -0.142. The Morgan fingerprint density at radius 1 is 1.10 bits per heavy atom. The molecule has 1 fully saturated rings. The van der Waals surface area contributed by atoms with Gasteiger partial charge in [-0.15, -0.1) is 0 Å². The van der Waals surface area contributed by atoms with Crippen molar-refractivity contribution in [2.75, 3.05) is 49.6 Å². The molecule has 1 N–H and O–H groups in total. The van der Waals surface area contributed by atoms with Gasteiger partial charge in [-0.1, -0.05) is 35.3 Å². The third-order valence-corrected chi connectivity index (χ3v) is 5.55. The summed E-state index contributed by atoms with van der Waals surface area (Å²) in [5.41, 5.74) is 1.24. The van der Waals surface area contributed by atoms with Crippen LogP contribution in [0.1, 0.15) is 0 Å². The van der Waals surface area contributed by atoms with Crippen molar-refractivity contribution in [1.82, 2.24) is 4.90 Å². The lowest BCUT2D eigenvalue weighted by Gasteiger charge is -2.38. The van der Waals surface area contributed by atoms with Crippen molar-refractivity contribution in [2.24, 2.45) is 0 Å². The van der Waals surface area contributed by atoms with Gasteiger partial charge in [-0.2, -0.15) is 0 Å². The van der Waals surface area contributed by atoms with Gasteiger partial charge in [0.2, 0.25) is 5.91 Å². The summed E-state index contributed by atoms with van der Waals surface area (Å²) >= 11 is 12.1. The first-order valence-electron chi connectivity index (χ1n) is 9.63. The Morgan fingerprint density at radius 2 is 1.87 bits per heavy atom. The fourth-order valence-corrected chi connectivity index (χ4v) is 3.98. The molecular weight excluding hydrogens is 429 g/mol. The van der Waals surface area contributed by atoms with E-state index in [-0.39, 0.29) is 24.9 Å². The van der Waals surface area contributed by atoms with Gasteiger partial charge in [0.15, 0.2) is 6.10 Å². The fraction of sp³-hybridized carbons (Fsp3) is 0.333. The Kier molecular flexibility index (Phi) is 6.32. The normalized spacial score (nSPS) is 18.4. The van der Waals surface area contributed by atoms with Crippen LogP contribution in [0.25, 0.3) is 0 Å². The van der Waals surface area contributed by atoms with Crippen LogP contribution in [0.15, 0.2) is 42.5 Å². The Morgan fingerprint density at radius 3 is 2.63 bits per heavy atom. The average molecular weight is 450 g/mol. The van der Waals surface area contributed by atoms with Crippen molar-refractivity contribution in [1.29, 1.82) is 0 Å². The second-order valence-electron chi connectivity index (χ2n) is 7.06. The molecule has 1 atom stereocenters. The number of rotatable bonds is 4. The van der Waals surface area contributed by atoms with Gasteiger partial charge in [0.1, 0.15) is 5.75 Å². The second kappa shape index (κ2) is 9.12. The SMILES string of the molecule is O=C(CN1CC(C(=O)N2CCOCC2)Oc2ccccc21)Nc1ccc(Cl)cc1Cl. The molecule has 0 saturated carbocycles. The highest BCUT2D eigenvalue weighted by Gasteiger charge is 2.34. The summed E-state index contributed by atoms with van der Waals surface area (Å²) in [5.74, 6) is 0.222. The Bertz CT molecular complexity index is 950. The quantitative estimate of drug-likeness (QED) is 0.776. The minimum absolute atomic E-state index is 0.0478. The number of amides is 2. The van der Waals surface area contributed by atoms with Crippen LogP contribution in [0.4, 0.5) is 11.4 Å². The van der Waals surface area contributed by atoms with Gasteiger partial charge in [-0.05, 0) is 30.3 Å². The van der Waals surface area contributed by atoms with Crippen molar-refractivity contribution >= 4 is 46.4 Å². The topological polar surface area (TPSA) is 71.1 Å². The Balaban J connectivity index is 1.49. The number of anilines is 2. The van der Waals surface area contributed by atoms with E-state index in [9.17, 15) is 9.59 Å². The summed E-state index contributed by atoms with van der Waals surface area (Å²) in [5, 5.41) is 3.65. The molecule has 2 aliphatic heterocycles. The smallest absolute Gasteiger partial charge is 0.265 e. The standard InChI is InChI=1S/C21H21Cl2N3O4/c22-14-5-6-16(15(23)11-14)24-20(27)13-26-12-19(21(28)25-7-9-29-10-8-25)30-18-4-2-1-3-17(18)26/h1-6,11,19H,7-10,12-13H2,(H,24,27). The maximum atomic E-state index is 13.0. The van der Waals surface area contributed by atoms with Gasteiger partial charge < -0.3 is 24.6 Å². The highest BCUT2D eigenvalue weighted by molar-refractivity contribution is 6.36. The number of benzene rings is 2. The number of hydrogen-bond donors (Lipinski definition) is 1. The Labute approximate surface area is 184 Å². The fourth-order valence-electron chi connectivity index (χ4n) is 3.53. The zero-order valence-electron chi connectivity index (χ0n) is 16.1. The predicted molar refractivity (Wildman–Crippen MR) is 116 cm³/mol. The number of ether oxygens (including phenoxy) is 2. The Hall–Kier alpha value is -2.48. The number of nitrogens with one attached hydrogen (secondary N) is 1. The molecule has 2 aromatic rings. The molecular formula is C21H21Cl2N3O4. The van der Waals surface area contributed by atoms with Crippen molar-refractivity contribution in [2.45, 2.75) is 6.10 Å².